The van der Waals surface area contributed by atoms with E-state index in [0.29, 0.717) is 6.42 Å². The number of rotatable bonds is 2. The minimum atomic E-state index is -1.02. The van der Waals surface area contributed by atoms with E-state index in [0.717, 1.165) is 12.8 Å². The van der Waals surface area contributed by atoms with Crippen LogP contribution >= 0.6 is 0 Å². The summed E-state index contributed by atoms with van der Waals surface area (Å²) in [6.07, 6.45) is 4.87. The largest absolute Gasteiger partial charge is 0.244 e. The van der Waals surface area contributed by atoms with Crippen molar-refractivity contribution in [3.63, 3.8) is 0 Å². The van der Waals surface area contributed by atoms with Gasteiger partial charge in [0, 0.05) is 5.92 Å². The van der Waals surface area contributed by atoms with Gasteiger partial charge in [0.15, 0.2) is 0 Å². The fourth-order valence-corrected chi connectivity index (χ4v) is 2.06. The summed E-state index contributed by atoms with van der Waals surface area (Å²) in [5.74, 6) is 0.125. The molecule has 1 rings (SSSR count). The zero-order valence-corrected chi connectivity index (χ0v) is 10.2. The first-order valence-electron chi connectivity index (χ1n) is 5.67. The Hall–Kier alpha value is -0.330. The van der Waals surface area contributed by atoms with Gasteiger partial charge in [-0.1, -0.05) is 32.4 Å². The molecule has 82 valence electrons. The molecule has 2 atom stereocenters. The molecular formula is C13H23F. The maximum Gasteiger partial charge on any atom is 0.114 e. The van der Waals surface area contributed by atoms with Gasteiger partial charge in [0.2, 0.25) is 0 Å². The monoisotopic (exact) mass is 198 g/mol. The van der Waals surface area contributed by atoms with E-state index < -0.39 is 5.67 Å². The highest BCUT2D eigenvalue weighted by molar-refractivity contribution is 5.16. The van der Waals surface area contributed by atoms with E-state index in [9.17, 15) is 4.39 Å². The second-order valence-electron chi connectivity index (χ2n) is 5.51. The van der Waals surface area contributed by atoms with Crippen LogP contribution in [0.4, 0.5) is 4.39 Å². The lowest BCUT2D eigenvalue weighted by Gasteiger charge is -2.38. The minimum Gasteiger partial charge on any atom is -0.244 e. The van der Waals surface area contributed by atoms with Gasteiger partial charge in [-0.15, -0.1) is 0 Å². The normalized spacial score (nSPS) is 30.7. The zero-order chi connectivity index (χ0) is 11.0. The molecule has 0 aromatic carbocycles. The van der Waals surface area contributed by atoms with Gasteiger partial charge in [0.25, 0.3) is 0 Å². The molecule has 0 heterocycles. The van der Waals surface area contributed by atoms with E-state index >= 15 is 0 Å². The predicted molar refractivity (Wildman–Crippen MR) is 60.1 cm³/mol. The maximum absolute atomic E-state index is 14.1. The Morgan fingerprint density at radius 2 is 2.14 bits per heavy atom. The van der Waals surface area contributed by atoms with E-state index in [2.05, 4.69) is 26.8 Å². The summed E-state index contributed by atoms with van der Waals surface area (Å²) in [4.78, 5) is 0. The highest BCUT2D eigenvalue weighted by Gasteiger charge is 2.36. The molecule has 0 radical (unpaired) electrons. The van der Waals surface area contributed by atoms with Crippen molar-refractivity contribution in [1.82, 2.24) is 0 Å². The number of hydrogen-bond acceptors (Lipinski definition) is 0. The van der Waals surface area contributed by atoms with Crippen LogP contribution in [0.25, 0.3) is 0 Å². The topological polar surface area (TPSA) is 0 Å². The summed E-state index contributed by atoms with van der Waals surface area (Å²) in [5.41, 5.74) is 0.615. The van der Waals surface area contributed by atoms with Crippen LogP contribution in [0.2, 0.25) is 0 Å². The Kier molecular flexibility index (Phi) is 3.08. The first-order chi connectivity index (χ1) is 6.29. The van der Waals surface area contributed by atoms with Crippen molar-refractivity contribution >= 4 is 0 Å². The molecule has 1 heteroatoms. The van der Waals surface area contributed by atoms with Gasteiger partial charge < -0.3 is 0 Å². The van der Waals surface area contributed by atoms with E-state index in [-0.39, 0.29) is 11.3 Å². The lowest BCUT2D eigenvalue weighted by Crippen LogP contribution is -2.32. The van der Waals surface area contributed by atoms with Gasteiger partial charge >= 0.3 is 0 Å². The molecule has 1 aliphatic rings. The average Bonchev–Trinajstić information content (AvgIpc) is 2.09. The first kappa shape index (κ1) is 11.7. The van der Waals surface area contributed by atoms with E-state index in [1.807, 2.05) is 6.92 Å². The van der Waals surface area contributed by atoms with Gasteiger partial charge in [0.05, 0.1) is 0 Å². The van der Waals surface area contributed by atoms with Crippen molar-refractivity contribution in [2.75, 3.05) is 0 Å². The van der Waals surface area contributed by atoms with Crippen molar-refractivity contribution in [3.8, 4) is 0 Å². The second kappa shape index (κ2) is 3.67. The fourth-order valence-electron chi connectivity index (χ4n) is 2.06. The Morgan fingerprint density at radius 1 is 1.57 bits per heavy atom. The van der Waals surface area contributed by atoms with Crippen LogP contribution in [-0.2, 0) is 0 Å². The van der Waals surface area contributed by atoms with E-state index in [1.54, 1.807) is 6.92 Å². The standard InChI is InChI=1S/C13H23F/c1-6-13(5,14)11-7-8-12(3,4)10(2)9-11/h9,11H,6-8H2,1-5H3. The first-order valence-corrected chi connectivity index (χ1v) is 5.67. The highest BCUT2D eigenvalue weighted by Crippen LogP contribution is 2.43. The third kappa shape index (κ3) is 2.18. The Labute approximate surface area is 87.6 Å². The van der Waals surface area contributed by atoms with Gasteiger partial charge in [0.1, 0.15) is 5.67 Å². The minimum absolute atomic E-state index is 0.125. The van der Waals surface area contributed by atoms with Crippen molar-refractivity contribution in [2.45, 2.75) is 59.5 Å². The zero-order valence-electron chi connectivity index (χ0n) is 10.2. The molecule has 2 unspecified atom stereocenters. The van der Waals surface area contributed by atoms with Crippen LogP contribution in [0.15, 0.2) is 11.6 Å². The van der Waals surface area contributed by atoms with Crippen molar-refractivity contribution < 1.29 is 4.39 Å². The quantitative estimate of drug-likeness (QED) is 0.573. The molecular weight excluding hydrogens is 175 g/mol. The number of hydrogen-bond donors (Lipinski definition) is 0. The van der Waals surface area contributed by atoms with Gasteiger partial charge in [-0.3, -0.25) is 0 Å². The lowest BCUT2D eigenvalue weighted by atomic mass is 9.69. The molecule has 0 aromatic rings. The molecule has 0 saturated carbocycles. The SMILES string of the molecule is CCC(C)(F)C1C=C(C)C(C)(C)CC1. The Balaban J connectivity index is 2.84. The molecule has 0 aromatic heterocycles. The second-order valence-corrected chi connectivity index (χ2v) is 5.51. The number of halogens is 1. The molecule has 0 bridgehead atoms. The van der Waals surface area contributed by atoms with Crippen LogP contribution < -0.4 is 0 Å². The molecule has 0 nitrogen and oxygen atoms in total. The predicted octanol–water partition coefficient (Wildman–Crippen LogP) is 4.51. The molecule has 14 heavy (non-hydrogen) atoms. The van der Waals surface area contributed by atoms with Crippen molar-refractivity contribution in [2.24, 2.45) is 11.3 Å². The summed E-state index contributed by atoms with van der Waals surface area (Å²) < 4.78 is 14.1. The lowest BCUT2D eigenvalue weighted by molar-refractivity contribution is 0.103. The summed E-state index contributed by atoms with van der Waals surface area (Å²) in [6.45, 7) is 10.3. The average molecular weight is 198 g/mol. The summed E-state index contributed by atoms with van der Waals surface area (Å²) in [5, 5.41) is 0. The molecule has 0 saturated heterocycles. The molecule has 0 amide bonds. The fraction of sp³-hybridized carbons (Fsp3) is 0.846. The van der Waals surface area contributed by atoms with Crippen molar-refractivity contribution in [1.29, 1.82) is 0 Å². The Bertz CT molecular complexity index is 236. The molecule has 0 spiro atoms. The summed E-state index contributed by atoms with van der Waals surface area (Å²) in [6, 6.07) is 0. The van der Waals surface area contributed by atoms with Crippen LogP contribution in [0.3, 0.4) is 0 Å². The third-order valence-corrected chi connectivity index (χ3v) is 4.06. The smallest absolute Gasteiger partial charge is 0.114 e. The van der Waals surface area contributed by atoms with Gasteiger partial charge in [-0.25, -0.2) is 4.39 Å². The van der Waals surface area contributed by atoms with Gasteiger partial charge in [-0.2, -0.15) is 0 Å². The highest BCUT2D eigenvalue weighted by atomic mass is 19.1. The summed E-state index contributed by atoms with van der Waals surface area (Å²) >= 11 is 0. The molecule has 0 fully saturated rings. The number of allylic oxidation sites excluding steroid dienone is 2. The van der Waals surface area contributed by atoms with Crippen LogP contribution in [0.1, 0.15) is 53.9 Å². The van der Waals surface area contributed by atoms with Gasteiger partial charge in [-0.05, 0) is 38.5 Å². The summed E-state index contributed by atoms with van der Waals surface area (Å²) in [7, 11) is 0. The molecule has 1 aliphatic carbocycles. The van der Waals surface area contributed by atoms with Crippen LogP contribution in [0.5, 0.6) is 0 Å². The third-order valence-electron chi connectivity index (χ3n) is 4.06. The Morgan fingerprint density at radius 3 is 2.57 bits per heavy atom. The maximum atomic E-state index is 14.1. The van der Waals surface area contributed by atoms with E-state index in [1.165, 1.54) is 5.57 Å². The number of alkyl halides is 1. The van der Waals surface area contributed by atoms with Crippen LogP contribution in [0, 0.1) is 11.3 Å². The van der Waals surface area contributed by atoms with Crippen molar-refractivity contribution in [3.05, 3.63) is 11.6 Å². The molecule has 0 N–H and O–H groups in total. The van der Waals surface area contributed by atoms with Crippen LogP contribution in [-0.4, -0.2) is 5.67 Å². The van der Waals surface area contributed by atoms with E-state index in [4.69, 9.17) is 0 Å². The molecule has 0 aliphatic heterocycles.